The maximum atomic E-state index is 5.80. The Hall–Kier alpha value is -1.04. The maximum absolute atomic E-state index is 5.80. The van der Waals surface area contributed by atoms with E-state index in [0.717, 1.165) is 12.1 Å². The van der Waals surface area contributed by atoms with E-state index in [0.29, 0.717) is 11.3 Å². The first kappa shape index (κ1) is 13.9. The minimum absolute atomic E-state index is 0.304. The molecule has 0 radical (unpaired) electrons. The minimum Gasteiger partial charge on any atom is -0.271 e. The first-order valence-electron chi connectivity index (χ1n) is 7.28. The van der Waals surface area contributed by atoms with Gasteiger partial charge in [-0.3, -0.25) is 16.0 Å². The molecule has 1 aromatic heterocycles. The van der Waals surface area contributed by atoms with E-state index in [1.165, 1.54) is 35.9 Å². The summed E-state index contributed by atoms with van der Waals surface area (Å²) in [6.07, 6.45) is 4.81. The number of hydrogen-bond acceptors (Lipinski definition) is 4. The van der Waals surface area contributed by atoms with Crippen molar-refractivity contribution in [2.24, 2.45) is 12.9 Å². The molecule has 0 spiro atoms. The van der Waals surface area contributed by atoms with Gasteiger partial charge in [0.2, 0.25) is 0 Å². The quantitative estimate of drug-likeness (QED) is 0.670. The molecule has 0 amide bonds. The Balaban J connectivity index is 1.83. The van der Waals surface area contributed by atoms with Crippen molar-refractivity contribution in [3.05, 3.63) is 30.0 Å². The van der Waals surface area contributed by atoms with Crippen LogP contribution in [0.2, 0.25) is 0 Å². The predicted octanol–water partition coefficient (Wildman–Crippen LogP) is 2.23. The third kappa shape index (κ3) is 2.71. The monoisotopic (exact) mass is 290 g/mol. The summed E-state index contributed by atoms with van der Waals surface area (Å²) < 4.78 is 1.96. The Morgan fingerprint density at radius 1 is 1.45 bits per heavy atom. The number of rotatable bonds is 4. The van der Waals surface area contributed by atoms with Crippen LogP contribution in [0.3, 0.4) is 0 Å². The van der Waals surface area contributed by atoms with Gasteiger partial charge in [-0.2, -0.15) is 16.9 Å². The number of aromatic nitrogens is 2. The van der Waals surface area contributed by atoms with Gasteiger partial charge in [-0.1, -0.05) is 24.6 Å². The van der Waals surface area contributed by atoms with Gasteiger partial charge >= 0.3 is 0 Å². The first-order valence-corrected chi connectivity index (χ1v) is 8.33. The second-order valence-electron chi connectivity index (χ2n) is 5.47. The van der Waals surface area contributed by atoms with Gasteiger partial charge in [0.05, 0.1) is 11.2 Å². The van der Waals surface area contributed by atoms with Crippen LogP contribution in [0.4, 0.5) is 0 Å². The minimum atomic E-state index is 0.304. The van der Waals surface area contributed by atoms with Crippen molar-refractivity contribution in [3.63, 3.8) is 0 Å². The van der Waals surface area contributed by atoms with E-state index in [2.05, 4.69) is 46.6 Å². The second-order valence-corrected chi connectivity index (χ2v) is 6.82. The summed E-state index contributed by atoms with van der Waals surface area (Å²) in [7, 11) is 2.01. The number of benzene rings is 1. The fourth-order valence-corrected chi connectivity index (χ4v) is 4.44. The first-order chi connectivity index (χ1) is 9.79. The molecule has 0 bridgehead atoms. The highest BCUT2D eigenvalue weighted by Gasteiger charge is 2.25. The molecule has 108 valence electrons. The summed E-state index contributed by atoms with van der Waals surface area (Å²) in [6.45, 7) is 0. The third-order valence-electron chi connectivity index (χ3n) is 4.13. The van der Waals surface area contributed by atoms with Gasteiger partial charge in [0.1, 0.15) is 0 Å². The van der Waals surface area contributed by atoms with Crippen LogP contribution < -0.4 is 11.3 Å². The molecule has 2 atom stereocenters. The molecular formula is C15H22N4S. The van der Waals surface area contributed by atoms with Crippen LogP contribution in [0.1, 0.15) is 25.0 Å². The Bertz CT molecular complexity index is 574. The highest BCUT2D eigenvalue weighted by atomic mass is 32.2. The summed E-state index contributed by atoms with van der Waals surface area (Å²) in [4.78, 5) is 0. The number of aryl methyl sites for hydroxylation is 1. The van der Waals surface area contributed by atoms with Crippen LogP contribution in [-0.4, -0.2) is 26.8 Å². The number of nitrogens with one attached hydrogen (secondary N) is 1. The fraction of sp³-hybridized carbons (Fsp3) is 0.533. The lowest BCUT2D eigenvalue weighted by Crippen LogP contribution is -2.45. The van der Waals surface area contributed by atoms with Crippen LogP contribution in [0.15, 0.2) is 24.3 Å². The SMILES string of the molecule is Cn1nc(CC(NN)C2CCCCS2)c2ccccc21. The second kappa shape index (κ2) is 6.16. The summed E-state index contributed by atoms with van der Waals surface area (Å²) in [5.74, 6) is 7.06. The average Bonchev–Trinajstić information content (AvgIpc) is 2.82. The molecule has 4 nitrogen and oxygen atoms in total. The van der Waals surface area contributed by atoms with Gasteiger partial charge < -0.3 is 0 Å². The van der Waals surface area contributed by atoms with Gasteiger partial charge in [-0.25, -0.2) is 0 Å². The number of hydrogen-bond donors (Lipinski definition) is 2. The van der Waals surface area contributed by atoms with Crippen molar-refractivity contribution in [2.75, 3.05) is 5.75 Å². The molecule has 1 aliphatic rings. The van der Waals surface area contributed by atoms with Gasteiger partial charge in [-0.15, -0.1) is 0 Å². The Kier molecular flexibility index (Phi) is 4.29. The normalized spacial score (nSPS) is 21.2. The molecule has 3 N–H and O–H groups in total. The molecule has 5 heteroatoms. The van der Waals surface area contributed by atoms with E-state index in [4.69, 9.17) is 5.84 Å². The number of para-hydroxylation sites is 1. The zero-order chi connectivity index (χ0) is 13.9. The number of nitrogens with two attached hydrogens (primary N) is 1. The molecule has 2 unspecified atom stereocenters. The summed E-state index contributed by atoms with van der Waals surface area (Å²) in [5.41, 5.74) is 5.36. The fourth-order valence-electron chi connectivity index (χ4n) is 3.03. The van der Waals surface area contributed by atoms with Gasteiger partial charge in [0, 0.05) is 30.1 Å². The van der Waals surface area contributed by atoms with Crippen LogP contribution in [0.25, 0.3) is 10.9 Å². The van der Waals surface area contributed by atoms with Gasteiger partial charge in [0.25, 0.3) is 0 Å². The number of nitrogens with zero attached hydrogens (tertiary/aromatic N) is 2. The third-order valence-corrected chi connectivity index (χ3v) is 5.64. The van der Waals surface area contributed by atoms with E-state index in [1.54, 1.807) is 0 Å². The van der Waals surface area contributed by atoms with Crippen LogP contribution in [0, 0.1) is 0 Å². The summed E-state index contributed by atoms with van der Waals surface area (Å²) >= 11 is 2.05. The lowest BCUT2D eigenvalue weighted by molar-refractivity contribution is 0.467. The smallest absolute Gasteiger partial charge is 0.0719 e. The Labute approximate surface area is 124 Å². The highest BCUT2D eigenvalue weighted by molar-refractivity contribution is 8.00. The van der Waals surface area contributed by atoms with Crippen molar-refractivity contribution >= 4 is 22.7 Å². The molecule has 2 aromatic rings. The topological polar surface area (TPSA) is 55.9 Å². The molecular weight excluding hydrogens is 268 g/mol. The maximum Gasteiger partial charge on any atom is 0.0719 e. The molecule has 3 rings (SSSR count). The van der Waals surface area contributed by atoms with Crippen molar-refractivity contribution < 1.29 is 0 Å². The van der Waals surface area contributed by atoms with Crippen LogP contribution in [-0.2, 0) is 13.5 Å². The number of hydrazine groups is 1. The lowest BCUT2D eigenvalue weighted by atomic mass is 10.0. The van der Waals surface area contributed by atoms with E-state index in [-0.39, 0.29) is 0 Å². The Morgan fingerprint density at radius 2 is 2.30 bits per heavy atom. The van der Waals surface area contributed by atoms with Crippen LogP contribution in [0.5, 0.6) is 0 Å². The molecule has 0 aliphatic carbocycles. The number of thioether (sulfide) groups is 1. The lowest BCUT2D eigenvalue weighted by Gasteiger charge is -2.28. The van der Waals surface area contributed by atoms with Gasteiger partial charge in [-0.05, 0) is 24.7 Å². The Morgan fingerprint density at radius 3 is 3.05 bits per heavy atom. The summed E-state index contributed by atoms with van der Waals surface area (Å²) in [6, 6.07) is 8.71. The van der Waals surface area contributed by atoms with E-state index < -0.39 is 0 Å². The molecule has 1 aromatic carbocycles. The van der Waals surface area contributed by atoms with Crippen molar-refractivity contribution in [1.29, 1.82) is 0 Å². The molecule has 1 fully saturated rings. The van der Waals surface area contributed by atoms with E-state index in [9.17, 15) is 0 Å². The zero-order valence-electron chi connectivity index (χ0n) is 11.9. The molecule has 1 saturated heterocycles. The predicted molar refractivity (Wildman–Crippen MR) is 85.6 cm³/mol. The standard InChI is InChI=1S/C15H22N4S/c1-19-14-7-3-2-6-11(14)12(18-19)10-13(17-16)15-8-4-5-9-20-15/h2-3,6-7,13,15,17H,4-5,8-10,16H2,1H3. The van der Waals surface area contributed by atoms with Crippen LogP contribution >= 0.6 is 11.8 Å². The van der Waals surface area contributed by atoms with Crippen molar-refractivity contribution in [3.8, 4) is 0 Å². The zero-order valence-corrected chi connectivity index (χ0v) is 12.7. The van der Waals surface area contributed by atoms with Crippen molar-refractivity contribution in [1.82, 2.24) is 15.2 Å². The van der Waals surface area contributed by atoms with E-state index in [1.807, 2.05) is 11.7 Å². The molecule has 20 heavy (non-hydrogen) atoms. The molecule has 0 saturated carbocycles. The highest BCUT2D eigenvalue weighted by Crippen LogP contribution is 2.29. The molecule has 2 heterocycles. The summed E-state index contributed by atoms with van der Waals surface area (Å²) in [5, 5.41) is 6.54. The van der Waals surface area contributed by atoms with Gasteiger partial charge in [0.15, 0.2) is 0 Å². The van der Waals surface area contributed by atoms with Crippen molar-refractivity contribution in [2.45, 2.75) is 37.0 Å². The number of fused-ring (bicyclic) bond motifs is 1. The van der Waals surface area contributed by atoms with E-state index >= 15 is 0 Å². The largest absolute Gasteiger partial charge is 0.271 e. The molecule has 1 aliphatic heterocycles. The average molecular weight is 290 g/mol.